The molecule has 0 radical (unpaired) electrons. The maximum absolute atomic E-state index is 5.18. The molecule has 68 valence electrons. The summed E-state index contributed by atoms with van der Waals surface area (Å²) in [6.45, 7) is 7.24. The van der Waals surface area contributed by atoms with E-state index >= 15 is 0 Å². The second-order valence-electron chi connectivity index (χ2n) is 4.77. The Hall–Kier alpha value is -0.120. The van der Waals surface area contributed by atoms with Crippen LogP contribution in [0, 0.1) is 5.41 Å². The minimum Gasteiger partial charge on any atom is -0.378 e. The SMILES string of the molecule is CN1CC2(C1)CN(C1COC1)C2. The van der Waals surface area contributed by atoms with E-state index < -0.39 is 0 Å². The van der Waals surface area contributed by atoms with Gasteiger partial charge in [-0.1, -0.05) is 0 Å². The van der Waals surface area contributed by atoms with Crippen molar-refractivity contribution in [2.75, 3.05) is 46.4 Å². The molecule has 3 aliphatic heterocycles. The first-order chi connectivity index (χ1) is 5.77. The third-order valence-corrected chi connectivity index (χ3v) is 3.42. The van der Waals surface area contributed by atoms with Crippen LogP contribution in [0.2, 0.25) is 0 Å². The molecule has 3 fully saturated rings. The van der Waals surface area contributed by atoms with E-state index in [1.54, 1.807) is 0 Å². The predicted molar refractivity (Wildman–Crippen MR) is 46.1 cm³/mol. The number of rotatable bonds is 1. The fraction of sp³-hybridized carbons (Fsp3) is 1.00. The van der Waals surface area contributed by atoms with Gasteiger partial charge in [0.15, 0.2) is 0 Å². The van der Waals surface area contributed by atoms with Crippen molar-refractivity contribution in [1.82, 2.24) is 9.80 Å². The van der Waals surface area contributed by atoms with E-state index in [9.17, 15) is 0 Å². The van der Waals surface area contributed by atoms with Gasteiger partial charge in [-0.25, -0.2) is 0 Å². The average Bonchev–Trinajstić information content (AvgIpc) is 1.75. The molecule has 0 aromatic heterocycles. The lowest BCUT2D eigenvalue weighted by molar-refractivity contribution is -0.170. The summed E-state index contributed by atoms with van der Waals surface area (Å²) in [5.41, 5.74) is 0.699. The van der Waals surface area contributed by atoms with Crippen LogP contribution < -0.4 is 0 Å². The second-order valence-corrected chi connectivity index (χ2v) is 4.77. The number of hydrogen-bond donors (Lipinski definition) is 0. The monoisotopic (exact) mass is 168 g/mol. The third kappa shape index (κ3) is 0.873. The largest absolute Gasteiger partial charge is 0.378 e. The lowest BCUT2D eigenvalue weighted by atomic mass is 9.72. The van der Waals surface area contributed by atoms with Crippen LogP contribution in [0.5, 0.6) is 0 Å². The normalized spacial score (nSPS) is 35.8. The molecule has 3 heterocycles. The summed E-state index contributed by atoms with van der Waals surface area (Å²) >= 11 is 0. The Morgan fingerprint density at radius 2 is 1.83 bits per heavy atom. The van der Waals surface area contributed by atoms with Gasteiger partial charge < -0.3 is 9.64 Å². The fourth-order valence-corrected chi connectivity index (χ4v) is 2.81. The number of nitrogens with zero attached hydrogens (tertiary/aromatic N) is 2. The molecule has 0 saturated carbocycles. The van der Waals surface area contributed by atoms with E-state index in [-0.39, 0.29) is 0 Å². The van der Waals surface area contributed by atoms with E-state index in [1.165, 1.54) is 26.2 Å². The summed E-state index contributed by atoms with van der Waals surface area (Å²) in [7, 11) is 2.21. The Balaban J connectivity index is 1.51. The first-order valence-electron chi connectivity index (χ1n) is 4.78. The van der Waals surface area contributed by atoms with Crippen LogP contribution in [0.3, 0.4) is 0 Å². The molecular weight excluding hydrogens is 152 g/mol. The third-order valence-electron chi connectivity index (χ3n) is 3.42. The highest BCUT2D eigenvalue weighted by atomic mass is 16.5. The molecule has 1 spiro atoms. The van der Waals surface area contributed by atoms with Gasteiger partial charge in [0.1, 0.15) is 0 Å². The number of likely N-dealkylation sites (tertiary alicyclic amines) is 2. The zero-order valence-corrected chi connectivity index (χ0v) is 7.62. The van der Waals surface area contributed by atoms with Gasteiger partial charge in [-0.15, -0.1) is 0 Å². The van der Waals surface area contributed by atoms with Crippen molar-refractivity contribution >= 4 is 0 Å². The molecule has 0 unspecified atom stereocenters. The Labute approximate surface area is 73.3 Å². The van der Waals surface area contributed by atoms with Crippen LogP contribution in [0.4, 0.5) is 0 Å². The van der Waals surface area contributed by atoms with E-state index in [0.29, 0.717) is 5.41 Å². The average molecular weight is 168 g/mol. The summed E-state index contributed by atoms with van der Waals surface area (Å²) < 4.78 is 5.18. The summed E-state index contributed by atoms with van der Waals surface area (Å²) in [4.78, 5) is 4.99. The highest BCUT2D eigenvalue weighted by Gasteiger charge is 2.52. The van der Waals surface area contributed by atoms with Crippen LogP contribution >= 0.6 is 0 Å². The summed E-state index contributed by atoms with van der Waals surface area (Å²) in [6.07, 6.45) is 0. The van der Waals surface area contributed by atoms with Crippen molar-refractivity contribution in [3.63, 3.8) is 0 Å². The van der Waals surface area contributed by atoms with Crippen molar-refractivity contribution in [2.24, 2.45) is 5.41 Å². The topological polar surface area (TPSA) is 15.7 Å². The van der Waals surface area contributed by atoms with Gasteiger partial charge in [0.05, 0.1) is 19.3 Å². The summed E-state index contributed by atoms with van der Waals surface area (Å²) in [6, 6.07) is 0.765. The van der Waals surface area contributed by atoms with Gasteiger partial charge in [-0.2, -0.15) is 0 Å². The van der Waals surface area contributed by atoms with Crippen molar-refractivity contribution in [3.8, 4) is 0 Å². The highest BCUT2D eigenvalue weighted by molar-refractivity contribution is 5.06. The number of hydrogen-bond acceptors (Lipinski definition) is 3. The van der Waals surface area contributed by atoms with Crippen LogP contribution in [0.25, 0.3) is 0 Å². The van der Waals surface area contributed by atoms with E-state index in [2.05, 4.69) is 16.8 Å². The molecule has 3 heteroatoms. The lowest BCUT2D eigenvalue weighted by Gasteiger charge is -2.62. The van der Waals surface area contributed by atoms with Crippen LogP contribution in [-0.4, -0.2) is 62.3 Å². The van der Waals surface area contributed by atoms with E-state index in [1.807, 2.05) is 0 Å². The highest BCUT2D eigenvalue weighted by Crippen LogP contribution is 2.40. The molecule has 0 bridgehead atoms. The van der Waals surface area contributed by atoms with Gasteiger partial charge in [-0.3, -0.25) is 4.90 Å². The zero-order chi connectivity index (χ0) is 8.18. The molecule has 0 aromatic carbocycles. The first kappa shape index (κ1) is 7.30. The fourth-order valence-electron chi connectivity index (χ4n) is 2.81. The molecule has 0 aromatic rings. The minimum atomic E-state index is 0.699. The van der Waals surface area contributed by atoms with Crippen molar-refractivity contribution in [1.29, 1.82) is 0 Å². The molecule has 0 aliphatic carbocycles. The maximum atomic E-state index is 5.18. The lowest BCUT2D eigenvalue weighted by Crippen LogP contribution is -2.74. The molecular formula is C9H16N2O. The van der Waals surface area contributed by atoms with Gasteiger partial charge in [0, 0.05) is 31.6 Å². The molecule has 3 rings (SSSR count). The molecule has 0 N–H and O–H groups in total. The molecule has 3 saturated heterocycles. The van der Waals surface area contributed by atoms with Gasteiger partial charge in [-0.05, 0) is 7.05 Å². The molecule has 3 aliphatic rings. The molecule has 0 amide bonds. The molecule has 3 nitrogen and oxygen atoms in total. The van der Waals surface area contributed by atoms with Crippen LogP contribution in [0.15, 0.2) is 0 Å². The van der Waals surface area contributed by atoms with E-state index in [0.717, 1.165) is 19.3 Å². The predicted octanol–water partition coefficient (Wildman–Crippen LogP) is -0.367. The Bertz CT molecular complexity index is 189. The van der Waals surface area contributed by atoms with Crippen LogP contribution in [0.1, 0.15) is 0 Å². The summed E-state index contributed by atoms with van der Waals surface area (Å²) in [5, 5.41) is 0. The quantitative estimate of drug-likeness (QED) is 0.531. The second kappa shape index (κ2) is 2.22. The smallest absolute Gasteiger partial charge is 0.0645 e. The molecule has 12 heavy (non-hydrogen) atoms. The van der Waals surface area contributed by atoms with Crippen molar-refractivity contribution in [2.45, 2.75) is 6.04 Å². The van der Waals surface area contributed by atoms with E-state index in [4.69, 9.17) is 4.74 Å². The van der Waals surface area contributed by atoms with Gasteiger partial charge in [0.25, 0.3) is 0 Å². The Kier molecular flexibility index (Phi) is 1.35. The minimum absolute atomic E-state index is 0.699. The van der Waals surface area contributed by atoms with Crippen molar-refractivity contribution in [3.05, 3.63) is 0 Å². The van der Waals surface area contributed by atoms with Gasteiger partial charge >= 0.3 is 0 Å². The Morgan fingerprint density at radius 1 is 1.17 bits per heavy atom. The maximum Gasteiger partial charge on any atom is 0.0645 e. The first-order valence-corrected chi connectivity index (χ1v) is 4.78. The summed E-state index contributed by atoms with van der Waals surface area (Å²) in [5.74, 6) is 0. The standard InChI is InChI=1S/C9H16N2O/c1-10-4-9(5-10)6-11(7-9)8-2-12-3-8/h8H,2-7H2,1H3. The molecule has 0 atom stereocenters. The Morgan fingerprint density at radius 3 is 2.25 bits per heavy atom. The number of ether oxygens (including phenoxy) is 1. The van der Waals surface area contributed by atoms with Crippen LogP contribution in [-0.2, 0) is 4.74 Å². The van der Waals surface area contributed by atoms with Gasteiger partial charge in [0.2, 0.25) is 0 Å². The zero-order valence-electron chi connectivity index (χ0n) is 7.62. The van der Waals surface area contributed by atoms with Crippen molar-refractivity contribution < 1.29 is 4.74 Å².